The summed E-state index contributed by atoms with van der Waals surface area (Å²) in [5, 5.41) is 12.0. The van der Waals surface area contributed by atoms with Gasteiger partial charge in [0.2, 0.25) is 5.91 Å². The third-order valence-corrected chi connectivity index (χ3v) is 6.21. The van der Waals surface area contributed by atoms with E-state index in [9.17, 15) is 4.79 Å². The lowest BCUT2D eigenvalue weighted by atomic mass is 9.73. The second kappa shape index (κ2) is 10.1. The van der Waals surface area contributed by atoms with E-state index in [1.165, 1.54) is 0 Å². The van der Waals surface area contributed by atoms with Crippen molar-refractivity contribution in [3.63, 3.8) is 0 Å². The fourth-order valence-corrected chi connectivity index (χ4v) is 4.44. The number of carbonyl (C=O) groups is 1. The number of nitrogens with two attached hydrogens (primary N) is 2. The molecule has 4 unspecified atom stereocenters. The summed E-state index contributed by atoms with van der Waals surface area (Å²) in [5.74, 6) is 0.775. The fourth-order valence-electron chi connectivity index (χ4n) is 4.44. The predicted molar refractivity (Wildman–Crippen MR) is 124 cm³/mol. The van der Waals surface area contributed by atoms with E-state index in [0.717, 1.165) is 49.2 Å². The first-order valence-electron chi connectivity index (χ1n) is 11.3. The van der Waals surface area contributed by atoms with Gasteiger partial charge in [-0.25, -0.2) is 9.97 Å². The largest absolute Gasteiger partial charge is 0.326 e. The van der Waals surface area contributed by atoms with Gasteiger partial charge in [-0.2, -0.15) is 10.2 Å². The van der Waals surface area contributed by atoms with Crippen molar-refractivity contribution < 1.29 is 4.79 Å². The Hall–Kier alpha value is -3.04. The standard InChI is InChI=1S/C23H30N8O/c1-2-4-20(32)29-14-5-10-19(28-13-14)21-15-6-8-17(24)18(25)9-7-16(15)22(31-30-21)23-26-11-3-12-27-23/h3,5,10-13,15-18H,2,4,6-9,24-25H2,1H3,(H,29,32). The summed E-state index contributed by atoms with van der Waals surface area (Å²) in [6.07, 6.45) is 9.67. The summed E-state index contributed by atoms with van der Waals surface area (Å²) in [5.41, 5.74) is 15.7. The molecule has 1 saturated carbocycles. The van der Waals surface area contributed by atoms with Gasteiger partial charge in [-0.15, -0.1) is 0 Å². The number of aromatic nitrogens is 3. The molecular weight excluding hydrogens is 404 g/mol. The van der Waals surface area contributed by atoms with Crippen molar-refractivity contribution in [2.45, 2.75) is 57.5 Å². The molecule has 9 heteroatoms. The summed E-state index contributed by atoms with van der Waals surface area (Å²) >= 11 is 0. The number of carbonyl (C=O) groups excluding carboxylic acids is 1. The summed E-state index contributed by atoms with van der Waals surface area (Å²) in [4.78, 5) is 25.3. The maximum atomic E-state index is 11.9. The number of fused-ring (bicyclic) bond motifs is 1. The lowest BCUT2D eigenvalue weighted by Crippen LogP contribution is -2.46. The average Bonchev–Trinajstić information content (AvgIpc) is 2.81. The Kier molecular flexibility index (Phi) is 6.96. The number of anilines is 1. The van der Waals surface area contributed by atoms with Crippen LogP contribution >= 0.6 is 0 Å². The molecule has 2 aromatic heterocycles. The molecule has 2 aliphatic rings. The van der Waals surface area contributed by atoms with Crippen molar-refractivity contribution in [1.82, 2.24) is 15.0 Å². The third kappa shape index (κ3) is 4.89. The van der Waals surface area contributed by atoms with Crippen molar-refractivity contribution in [2.75, 3.05) is 5.32 Å². The Labute approximate surface area is 187 Å². The molecular formula is C23H30N8O. The molecule has 1 aliphatic heterocycles. The molecule has 9 nitrogen and oxygen atoms in total. The SMILES string of the molecule is CCCC(=O)Nc1ccc(C2=NN=C(c3ncccn3)C3CCC(N)C(N)CCC23)nc1. The Morgan fingerprint density at radius 1 is 0.969 bits per heavy atom. The van der Waals surface area contributed by atoms with Crippen molar-refractivity contribution in [2.24, 2.45) is 33.5 Å². The van der Waals surface area contributed by atoms with E-state index in [4.69, 9.17) is 11.5 Å². The molecule has 0 saturated heterocycles. The van der Waals surface area contributed by atoms with Crippen LogP contribution in [0, 0.1) is 11.8 Å². The zero-order valence-corrected chi connectivity index (χ0v) is 18.3. The smallest absolute Gasteiger partial charge is 0.224 e. The van der Waals surface area contributed by atoms with Gasteiger partial charge in [-0.3, -0.25) is 9.78 Å². The normalized spacial score (nSPS) is 25.6. The van der Waals surface area contributed by atoms with E-state index < -0.39 is 0 Å². The van der Waals surface area contributed by atoms with Crippen molar-refractivity contribution >= 4 is 23.0 Å². The lowest BCUT2D eigenvalue weighted by Gasteiger charge is -2.35. The summed E-state index contributed by atoms with van der Waals surface area (Å²) in [7, 11) is 0. The number of nitrogens with one attached hydrogen (secondary N) is 1. The average molecular weight is 435 g/mol. The van der Waals surface area contributed by atoms with Crippen LogP contribution in [0.2, 0.25) is 0 Å². The van der Waals surface area contributed by atoms with Gasteiger partial charge in [0.25, 0.3) is 0 Å². The molecule has 3 heterocycles. The molecule has 0 aromatic carbocycles. The van der Waals surface area contributed by atoms with Crippen molar-refractivity contribution in [3.8, 4) is 0 Å². The van der Waals surface area contributed by atoms with Crippen LogP contribution in [-0.4, -0.2) is 44.4 Å². The first kappa shape index (κ1) is 22.2. The number of rotatable bonds is 5. The minimum absolute atomic E-state index is 0.0143. The van der Waals surface area contributed by atoms with E-state index in [2.05, 4.69) is 30.5 Å². The van der Waals surface area contributed by atoms with Gasteiger partial charge in [0.1, 0.15) is 5.71 Å². The number of pyridine rings is 1. The molecule has 4 rings (SSSR count). The highest BCUT2D eigenvalue weighted by molar-refractivity contribution is 6.09. The number of hydrogen-bond acceptors (Lipinski definition) is 8. The van der Waals surface area contributed by atoms with Crippen LogP contribution in [0.5, 0.6) is 0 Å². The maximum Gasteiger partial charge on any atom is 0.224 e. The second-order valence-corrected chi connectivity index (χ2v) is 8.47. The Bertz CT molecular complexity index is 989. The molecule has 0 radical (unpaired) electrons. The van der Waals surface area contributed by atoms with Gasteiger partial charge in [0, 0.05) is 42.7 Å². The highest BCUT2D eigenvalue weighted by Gasteiger charge is 2.38. The predicted octanol–water partition coefficient (Wildman–Crippen LogP) is 2.28. The topological polar surface area (TPSA) is 145 Å². The molecule has 2 aromatic rings. The fraction of sp³-hybridized carbons (Fsp3) is 0.478. The van der Waals surface area contributed by atoms with Crippen LogP contribution in [-0.2, 0) is 4.79 Å². The van der Waals surface area contributed by atoms with Gasteiger partial charge in [0.15, 0.2) is 5.82 Å². The van der Waals surface area contributed by atoms with Crippen LogP contribution in [0.4, 0.5) is 5.69 Å². The zero-order valence-electron chi connectivity index (χ0n) is 18.3. The first-order valence-corrected chi connectivity index (χ1v) is 11.3. The Morgan fingerprint density at radius 2 is 1.62 bits per heavy atom. The minimum Gasteiger partial charge on any atom is -0.326 e. The Morgan fingerprint density at radius 3 is 2.25 bits per heavy atom. The molecule has 0 bridgehead atoms. The molecule has 1 fully saturated rings. The van der Waals surface area contributed by atoms with E-state index in [1.807, 2.05) is 19.1 Å². The van der Waals surface area contributed by atoms with Gasteiger partial charge in [-0.1, -0.05) is 6.92 Å². The van der Waals surface area contributed by atoms with Crippen molar-refractivity contribution in [3.05, 3.63) is 48.3 Å². The van der Waals surface area contributed by atoms with E-state index in [1.54, 1.807) is 24.7 Å². The van der Waals surface area contributed by atoms with Crippen LogP contribution in [0.1, 0.15) is 57.0 Å². The van der Waals surface area contributed by atoms with E-state index in [0.29, 0.717) is 17.9 Å². The summed E-state index contributed by atoms with van der Waals surface area (Å²) in [6, 6.07) is 5.45. The van der Waals surface area contributed by atoms with Gasteiger partial charge in [0.05, 0.1) is 23.3 Å². The quantitative estimate of drug-likeness (QED) is 0.658. The third-order valence-electron chi connectivity index (χ3n) is 6.21. The summed E-state index contributed by atoms with van der Waals surface area (Å²) < 4.78 is 0. The molecule has 4 atom stereocenters. The maximum absolute atomic E-state index is 11.9. The van der Waals surface area contributed by atoms with Gasteiger partial charge < -0.3 is 16.8 Å². The highest BCUT2D eigenvalue weighted by atomic mass is 16.1. The van der Waals surface area contributed by atoms with Gasteiger partial charge in [-0.05, 0) is 50.3 Å². The Balaban J connectivity index is 1.65. The molecule has 32 heavy (non-hydrogen) atoms. The molecule has 0 spiro atoms. The zero-order chi connectivity index (χ0) is 22.5. The monoisotopic (exact) mass is 434 g/mol. The van der Waals surface area contributed by atoms with Crippen LogP contribution < -0.4 is 16.8 Å². The molecule has 1 amide bonds. The van der Waals surface area contributed by atoms with Gasteiger partial charge >= 0.3 is 0 Å². The van der Waals surface area contributed by atoms with E-state index in [-0.39, 0.29) is 29.8 Å². The van der Waals surface area contributed by atoms with Crippen LogP contribution in [0.25, 0.3) is 0 Å². The molecule has 168 valence electrons. The number of nitrogens with zero attached hydrogens (tertiary/aromatic N) is 5. The van der Waals surface area contributed by atoms with Crippen LogP contribution in [0.15, 0.2) is 47.0 Å². The summed E-state index contributed by atoms with van der Waals surface area (Å²) in [6.45, 7) is 1.97. The highest BCUT2D eigenvalue weighted by Crippen LogP contribution is 2.35. The second-order valence-electron chi connectivity index (χ2n) is 8.47. The van der Waals surface area contributed by atoms with Crippen molar-refractivity contribution in [1.29, 1.82) is 0 Å². The molecule has 1 aliphatic carbocycles. The lowest BCUT2D eigenvalue weighted by molar-refractivity contribution is -0.116. The minimum atomic E-state index is -0.0448. The van der Waals surface area contributed by atoms with Crippen LogP contribution in [0.3, 0.4) is 0 Å². The number of hydrogen-bond donors (Lipinski definition) is 3. The number of amides is 1. The first-order chi connectivity index (χ1) is 15.6. The molecule has 5 N–H and O–H groups in total. The van der Waals surface area contributed by atoms with E-state index >= 15 is 0 Å².